The first-order valence-corrected chi connectivity index (χ1v) is 33.6. The quantitative estimate of drug-likeness (QED) is 0.0409. The van der Waals surface area contributed by atoms with Crippen LogP contribution < -0.4 is 10.6 Å². The minimum absolute atomic E-state index is 0.0233. The lowest BCUT2D eigenvalue weighted by Gasteiger charge is -2.38. The Morgan fingerprint density at radius 2 is 0.802 bits per heavy atom. The van der Waals surface area contributed by atoms with E-state index >= 15 is 0 Å². The van der Waals surface area contributed by atoms with Gasteiger partial charge in [0.1, 0.15) is 44.0 Å². The highest BCUT2D eigenvalue weighted by Crippen LogP contribution is 2.44. The number of hydrogen-bond donors (Lipinski definition) is 10. The number of nitrogens with zero attached hydrogens (tertiary/aromatic N) is 4. The number of ether oxygens (including phenoxy) is 3. The molecule has 4 aromatic heterocycles. The molecule has 0 amide bonds. The van der Waals surface area contributed by atoms with Crippen molar-refractivity contribution in [1.82, 2.24) is 18.8 Å². The van der Waals surface area contributed by atoms with Gasteiger partial charge in [0, 0.05) is 70.7 Å². The maximum Gasteiger partial charge on any atom is 0.295 e. The zero-order valence-electron chi connectivity index (χ0n) is 49.8. The maximum absolute atomic E-state index is 11.2. The summed E-state index contributed by atoms with van der Waals surface area (Å²) in [6.45, 7) is 9.51. The Hall–Kier alpha value is -7.82. The average Bonchev–Trinajstić information content (AvgIpc) is 1.78. The molecule has 29 heteroatoms. The molecule has 1 unspecified atom stereocenters. The number of nitrogens with one attached hydrogen (secondary N) is 2. The van der Waals surface area contributed by atoms with Gasteiger partial charge in [-0.1, -0.05) is 109 Å². The Labute approximate surface area is 525 Å². The van der Waals surface area contributed by atoms with Gasteiger partial charge in [0.2, 0.25) is 0 Å². The van der Waals surface area contributed by atoms with Crippen molar-refractivity contribution in [2.45, 2.75) is 83.8 Å². The van der Waals surface area contributed by atoms with E-state index in [0.29, 0.717) is 25.4 Å². The Bertz CT molecular complexity index is 4420. The average molecular weight is 1330 g/mol. The Kier molecular flexibility index (Phi) is 21.8. The molecule has 12 rings (SSSR count). The molecule has 0 bridgehead atoms. The summed E-state index contributed by atoms with van der Waals surface area (Å²) in [6, 6.07) is 37.9. The van der Waals surface area contributed by atoms with E-state index in [4.69, 9.17) is 37.8 Å². The molecule has 0 fully saturated rings. The number of benzene rings is 6. The van der Waals surface area contributed by atoms with E-state index in [1.807, 2.05) is 110 Å². The molecule has 0 radical (unpaired) electrons. The highest BCUT2D eigenvalue weighted by atomic mass is 32.2. The number of aromatic nitrogens is 4. The van der Waals surface area contributed by atoms with Crippen molar-refractivity contribution in [3.8, 4) is 0 Å². The topological polar surface area (TPSA) is 385 Å². The highest BCUT2D eigenvalue weighted by Gasteiger charge is 2.39. The van der Waals surface area contributed by atoms with E-state index in [1.165, 1.54) is 48.5 Å². The summed E-state index contributed by atoms with van der Waals surface area (Å²) in [5.41, 5.74) is 11.0. The lowest BCUT2D eigenvalue weighted by atomic mass is 9.89. The summed E-state index contributed by atoms with van der Waals surface area (Å²) < 4.78 is 145. The number of anilines is 2. The standard InChI is InChI=1S/C21H25N3O3.C18H19N3O2.2C10H8O6S2.C3H8O2/c1-13-14(2)24-10-9-16-18(21(24)22-13)23-17(15-7-5-4-6-8-15)19(25)20(16)27-12-11-26-3;1-10-11(2)21-9-8-13-15(18(21)19-10)20-14(17(23)16(13)22)12-6-4-3-5-7-12;2*11-17(12,13)9-5-1-3-7-8(9)4-2-6-10(7)18(14,15)16;1-5-3-2-4/h4-10,17,19-20,23,25H,11-12H2,1-3H3;3-9,14,16-17,20,22-23H,1-2H3;2*1-6H,(H,11,12,13)(H,14,15,16);4H,2-3H2,1H3/t17-,19-,20-;14-,16?,17-;;;/m11.../s1. The lowest BCUT2D eigenvalue weighted by molar-refractivity contribution is -0.0633. The zero-order chi connectivity index (χ0) is 66.3. The molecule has 10 N–H and O–H groups in total. The third kappa shape index (κ3) is 15.4. The summed E-state index contributed by atoms with van der Waals surface area (Å²) >= 11 is 0. The molecule has 25 nitrogen and oxygen atoms in total. The number of pyridine rings is 2. The number of imidazole rings is 2. The van der Waals surface area contributed by atoms with Crippen molar-refractivity contribution in [3.63, 3.8) is 0 Å². The number of aliphatic hydroxyl groups excluding tert-OH is 4. The van der Waals surface area contributed by atoms with Crippen LogP contribution in [0.15, 0.2) is 178 Å². The molecular formula is C62H68N6O19S4. The van der Waals surface area contributed by atoms with Crippen LogP contribution in [0.1, 0.15) is 69.3 Å². The third-order valence-corrected chi connectivity index (χ3v) is 18.8. The van der Waals surface area contributed by atoms with Crippen LogP contribution in [0.25, 0.3) is 32.8 Å². The van der Waals surface area contributed by atoms with E-state index in [1.54, 1.807) is 14.2 Å². The summed E-state index contributed by atoms with van der Waals surface area (Å²) in [7, 11) is -14.7. The number of aliphatic hydroxyl groups is 4. The molecule has 6 heterocycles. The first kappa shape index (κ1) is 69.1. The molecule has 6 atom stereocenters. The van der Waals surface area contributed by atoms with Crippen LogP contribution in [-0.2, 0) is 54.7 Å². The van der Waals surface area contributed by atoms with E-state index in [0.717, 1.165) is 86.4 Å². The van der Waals surface area contributed by atoms with Gasteiger partial charge in [-0.05, 0) is 75.2 Å². The molecule has 91 heavy (non-hydrogen) atoms. The summed E-state index contributed by atoms with van der Waals surface area (Å²) in [6.07, 6.45) is 0.848. The van der Waals surface area contributed by atoms with Crippen LogP contribution in [0.3, 0.4) is 0 Å². The molecule has 0 spiro atoms. The SMILES string of the molecule is COCCO.COCCO[C@@H]1c2ccn3c(C)c(C)nc3c2N[C@H](c2ccccc2)[C@H]1O.Cc1nc2c3c(ccn2c1C)C(O)[C@H](O)[C@@H](c1ccccc1)N3.O=S(=O)(O)c1cccc2c(S(=O)(=O)O)cccc12.O=S(=O)(O)c1cccc2c(S(=O)(=O)O)cccc12. The van der Waals surface area contributed by atoms with Gasteiger partial charge < -0.3 is 54.1 Å². The van der Waals surface area contributed by atoms with Crippen molar-refractivity contribution in [1.29, 1.82) is 0 Å². The molecule has 0 aliphatic carbocycles. The van der Waals surface area contributed by atoms with E-state index in [9.17, 15) is 49.0 Å². The van der Waals surface area contributed by atoms with E-state index in [-0.39, 0.29) is 40.2 Å². The molecule has 0 saturated heterocycles. The van der Waals surface area contributed by atoms with Gasteiger partial charge in [-0.2, -0.15) is 33.7 Å². The van der Waals surface area contributed by atoms with Gasteiger partial charge in [0.25, 0.3) is 40.5 Å². The number of hydrogen-bond acceptors (Lipinski definition) is 19. The van der Waals surface area contributed by atoms with Gasteiger partial charge in [-0.15, -0.1) is 0 Å². The predicted octanol–water partition coefficient (Wildman–Crippen LogP) is 7.99. The second kappa shape index (κ2) is 28.8. The smallest absolute Gasteiger partial charge is 0.295 e. The van der Waals surface area contributed by atoms with Crippen molar-refractivity contribution in [3.05, 3.63) is 203 Å². The normalized spacial score (nSPS) is 18.0. The molecule has 10 aromatic rings. The molecule has 0 saturated carbocycles. The number of methoxy groups -OCH3 is 2. The minimum Gasteiger partial charge on any atom is -0.394 e. The van der Waals surface area contributed by atoms with Crippen LogP contribution >= 0.6 is 0 Å². The zero-order valence-corrected chi connectivity index (χ0v) is 53.1. The number of fused-ring (bicyclic) bond motifs is 8. The lowest BCUT2D eigenvalue weighted by Crippen LogP contribution is -2.38. The van der Waals surface area contributed by atoms with Gasteiger partial charge in [-0.3, -0.25) is 18.2 Å². The first-order chi connectivity index (χ1) is 43.0. The van der Waals surface area contributed by atoms with Gasteiger partial charge in [0.05, 0.1) is 61.3 Å². The van der Waals surface area contributed by atoms with Crippen molar-refractivity contribution >= 4 is 84.7 Å². The van der Waals surface area contributed by atoms with Gasteiger partial charge >= 0.3 is 0 Å². The van der Waals surface area contributed by atoms with Crippen molar-refractivity contribution < 1.29 is 86.5 Å². The van der Waals surface area contributed by atoms with Gasteiger partial charge in [-0.25, -0.2) is 9.97 Å². The monoisotopic (exact) mass is 1330 g/mol. The van der Waals surface area contributed by atoms with Crippen LogP contribution in [0, 0.1) is 27.7 Å². The molecule has 2 aliphatic heterocycles. The second-order valence-corrected chi connectivity index (χ2v) is 26.4. The Morgan fingerprint density at radius 3 is 1.14 bits per heavy atom. The minimum atomic E-state index is -4.47. The van der Waals surface area contributed by atoms with E-state index in [2.05, 4.69) is 31.7 Å². The highest BCUT2D eigenvalue weighted by molar-refractivity contribution is 7.87. The number of rotatable bonds is 12. The molecule has 484 valence electrons. The third-order valence-electron chi connectivity index (χ3n) is 15.1. The van der Waals surface area contributed by atoms with Crippen LogP contribution in [0.2, 0.25) is 0 Å². The first-order valence-electron chi connectivity index (χ1n) is 27.8. The summed E-state index contributed by atoms with van der Waals surface area (Å²) in [5.74, 6) is 0. The fourth-order valence-corrected chi connectivity index (χ4v) is 13.3. The van der Waals surface area contributed by atoms with Crippen LogP contribution in [0.5, 0.6) is 0 Å². The second-order valence-electron chi connectivity index (χ2n) is 20.9. The number of aryl methyl sites for hydroxylation is 4. The molecular weight excluding hydrogens is 1260 g/mol. The Morgan fingerprint density at radius 1 is 0.451 bits per heavy atom. The fraction of sp³-hybridized carbons (Fsp3) is 0.258. The van der Waals surface area contributed by atoms with Gasteiger partial charge in [0.15, 0.2) is 11.3 Å². The summed E-state index contributed by atoms with van der Waals surface area (Å²) in [5, 5.41) is 47.1. The Balaban J connectivity index is 0.000000154. The van der Waals surface area contributed by atoms with Crippen LogP contribution in [-0.4, -0.2) is 144 Å². The maximum atomic E-state index is 11.2. The van der Waals surface area contributed by atoms with E-state index < -0.39 is 84.5 Å². The van der Waals surface area contributed by atoms with Crippen molar-refractivity contribution in [2.75, 3.05) is 51.3 Å². The molecule has 2 aliphatic rings. The molecule has 6 aromatic carbocycles. The van der Waals surface area contributed by atoms with Crippen molar-refractivity contribution in [2.24, 2.45) is 0 Å². The largest absolute Gasteiger partial charge is 0.394 e. The summed E-state index contributed by atoms with van der Waals surface area (Å²) in [4.78, 5) is 7.72. The van der Waals surface area contributed by atoms with Crippen LogP contribution in [0.4, 0.5) is 11.4 Å². The predicted molar refractivity (Wildman–Crippen MR) is 339 cm³/mol. The fourth-order valence-electron chi connectivity index (χ4n) is 10.5.